The molecular weight excluding hydrogens is 479 g/mol. The average Bonchev–Trinajstić information content (AvgIpc) is 3.03. The Kier molecular flexibility index (Phi) is 5.38. The summed E-state index contributed by atoms with van der Waals surface area (Å²) in [5.74, 6) is 0. The smallest absolute Gasteiger partial charge is 0.308 e. The molecular formula is C20H15BrCl2N4O2. The van der Waals surface area contributed by atoms with E-state index in [1.54, 1.807) is 41.9 Å². The Balaban J connectivity index is 1.90. The molecule has 0 N–H and O–H groups in total. The van der Waals surface area contributed by atoms with E-state index in [0.717, 1.165) is 11.1 Å². The molecule has 4 rings (SSSR count). The van der Waals surface area contributed by atoms with E-state index in [0.29, 0.717) is 32.5 Å². The number of benzene rings is 2. The Morgan fingerprint density at radius 2 is 1.66 bits per heavy atom. The fourth-order valence-corrected chi connectivity index (χ4v) is 3.99. The Bertz CT molecular complexity index is 1340. The number of nitrogens with zero attached hydrogens (tertiary/aromatic N) is 4. The molecule has 0 saturated carbocycles. The fourth-order valence-electron chi connectivity index (χ4n) is 3.20. The highest BCUT2D eigenvalue weighted by Gasteiger charge is 2.20. The van der Waals surface area contributed by atoms with Gasteiger partial charge in [0.1, 0.15) is 0 Å². The van der Waals surface area contributed by atoms with Gasteiger partial charge >= 0.3 is 5.69 Å². The summed E-state index contributed by atoms with van der Waals surface area (Å²) in [7, 11) is 1.60. The molecule has 9 heteroatoms. The predicted molar refractivity (Wildman–Crippen MR) is 118 cm³/mol. The normalized spacial score (nSPS) is 11.3. The summed E-state index contributed by atoms with van der Waals surface area (Å²) < 4.78 is 4.74. The van der Waals surface area contributed by atoms with Crippen LogP contribution in [0, 0.1) is 0 Å². The monoisotopic (exact) mass is 492 g/mol. The molecule has 148 valence electrons. The van der Waals surface area contributed by atoms with Crippen LogP contribution in [0.4, 0.5) is 0 Å². The maximum Gasteiger partial charge on any atom is 0.332 e. The van der Waals surface area contributed by atoms with Crippen LogP contribution in [0.2, 0.25) is 10.0 Å². The van der Waals surface area contributed by atoms with Crippen LogP contribution >= 0.6 is 39.1 Å². The predicted octanol–water partition coefficient (Wildman–Crippen LogP) is 4.06. The standard InChI is InChI=1S/C20H15BrCl2N4O2/c1-25-17-16(26(19(21)24-17)11-13-4-2-3-5-15(13)23)18(28)27(20(25)29)10-12-6-8-14(22)9-7-12/h2-9H,10-11H2,1H3. The third kappa shape index (κ3) is 3.66. The van der Waals surface area contributed by atoms with Crippen LogP contribution in [0.15, 0.2) is 62.9 Å². The van der Waals surface area contributed by atoms with Crippen molar-refractivity contribution in [3.63, 3.8) is 0 Å². The minimum Gasteiger partial charge on any atom is -0.308 e. The fraction of sp³-hybridized carbons (Fsp3) is 0.150. The molecule has 4 aromatic rings. The van der Waals surface area contributed by atoms with Crippen molar-refractivity contribution < 1.29 is 0 Å². The first kappa shape index (κ1) is 19.9. The Morgan fingerprint density at radius 1 is 0.966 bits per heavy atom. The first-order valence-corrected chi connectivity index (χ1v) is 10.2. The van der Waals surface area contributed by atoms with E-state index in [9.17, 15) is 9.59 Å². The van der Waals surface area contributed by atoms with Gasteiger partial charge in [-0.3, -0.25) is 13.9 Å². The number of rotatable bonds is 4. The highest BCUT2D eigenvalue weighted by Crippen LogP contribution is 2.22. The molecule has 0 bridgehead atoms. The SMILES string of the molecule is Cn1c(=O)n(Cc2ccc(Cl)cc2)c(=O)c2c1nc(Br)n2Cc1ccccc1Cl. The number of hydrogen-bond acceptors (Lipinski definition) is 3. The van der Waals surface area contributed by atoms with Crippen LogP contribution < -0.4 is 11.2 Å². The zero-order valence-electron chi connectivity index (χ0n) is 15.3. The van der Waals surface area contributed by atoms with Crippen LogP contribution in [-0.4, -0.2) is 18.7 Å². The summed E-state index contributed by atoms with van der Waals surface area (Å²) in [5, 5.41) is 1.18. The summed E-state index contributed by atoms with van der Waals surface area (Å²) in [6.07, 6.45) is 0. The zero-order chi connectivity index (χ0) is 20.7. The molecule has 0 aliphatic heterocycles. The van der Waals surface area contributed by atoms with Gasteiger partial charge in [-0.25, -0.2) is 9.78 Å². The topological polar surface area (TPSA) is 61.8 Å². The average molecular weight is 494 g/mol. The van der Waals surface area contributed by atoms with Gasteiger partial charge in [-0.15, -0.1) is 0 Å². The molecule has 0 spiro atoms. The van der Waals surface area contributed by atoms with E-state index >= 15 is 0 Å². The summed E-state index contributed by atoms with van der Waals surface area (Å²) in [5.41, 5.74) is 1.42. The lowest BCUT2D eigenvalue weighted by molar-refractivity contribution is 0.653. The second-order valence-electron chi connectivity index (χ2n) is 6.59. The van der Waals surface area contributed by atoms with Crippen molar-refractivity contribution in [2.45, 2.75) is 13.1 Å². The third-order valence-corrected chi connectivity index (χ3v) is 5.95. The van der Waals surface area contributed by atoms with Gasteiger partial charge in [-0.05, 0) is 45.3 Å². The Morgan fingerprint density at radius 3 is 2.34 bits per heavy atom. The third-order valence-electron chi connectivity index (χ3n) is 4.73. The van der Waals surface area contributed by atoms with Crippen molar-refractivity contribution in [1.82, 2.24) is 18.7 Å². The number of imidazole rings is 1. The summed E-state index contributed by atoms with van der Waals surface area (Å²) in [4.78, 5) is 30.5. The lowest BCUT2D eigenvalue weighted by Gasteiger charge is -2.11. The molecule has 0 atom stereocenters. The second-order valence-corrected chi connectivity index (χ2v) is 8.14. The van der Waals surface area contributed by atoms with Crippen LogP contribution in [0.1, 0.15) is 11.1 Å². The molecule has 2 heterocycles. The van der Waals surface area contributed by atoms with Crippen LogP contribution in [0.5, 0.6) is 0 Å². The first-order valence-electron chi connectivity index (χ1n) is 8.70. The van der Waals surface area contributed by atoms with E-state index in [4.69, 9.17) is 23.2 Å². The maximum atomic E-state index is 13.3. The highest BCUT2D eigenvalue weighted by molar-refractivity contribution is 9.10. The van der Waals surface area contributed by atoms with Crippen molar-refractivity contribution in [1.29, 1.82) is 0 Å². The Labute approximate surface area is 184 Å². The molecule has 0 amide bonds. The van der Waals surface area contributed by atoms with E-state index in [-0.39, 0.29) is 6.54 Å². The van der Waals surface area contributed by atoms with Crippen molar-refractivity contribution >= 4 is 50.3 Å². The number of aryl methyl sites for hydroxylation is 1. The van der Waals surface area contributed by atoms with Gasteiger partial charge in [-0.1, -0.05) is 53.5 Å². The number of aromatic nitrogens is 4. The van der Waals surface area contributed by atoms with Crippen LogP contribution in [-0.2, 0) is 20.1 Å². The maximum absolute atomic E-state index is 13.3. The van der Waals surface area contributed by atoms with Crippen molar-refractivity contribution in [3.05, 3.63) is 95.3 Å². The van der Waals surface area contributed by atoms with Crippen molar-refractivity contribution in [2.75, 3.05) is 0 Å². The molecule has 29 heavy (non-hydrogen) atoms. The second kappa shape index (κ2) is 7.82. The van der Waals surface area contributed by atoms with Gasteiger partial charge in [-0.2, -0.15) is 0 Å². The zero-order valence-corrected chi connectivity index (χ0v) is 18.4. The largest absolute Gasteiger partial charge is 0.332 e. The highest BCUT2D eigenvalue weighted by atomic mass is 79.9. The molecule has 6 nitrogen and oxygen atoms in total. The van der Waals surface area contributed by atoms with Crippen LogP contribution in [0.25, 0.3) is 11.2 Å². The lowest BCUT2D eigenvalue weighted by atomic mass is 10.2. The van der Waals surface area contributed by atoms with Gasteiger partial charge < -0.3 is 4.57 Å². The van der Waals surface area contributed by atoms with Crippen molar-refractivity contribution in [2.24, 2.45) is 7.05 Å². The lowest BCUT2D eigenvalue weighted by Crippen LogP contribution is -2.40. The summed E-state index contributed by atoms with van der Waals surface area (Å²) >= 11 is 15.6. The quantitative estimate of drug-likeness (QED) is 0.403. The van der Waals surface area contributed by atoms with Crippen LogP contribution in [0.3, 0.4) is 0 Å². The van der Waals surface area contributed by atoms with Gasteiger partial charge in [0.05, 0.1) is 13.1 Å². The molecule has 0 unspecified atom stereocenters. The number of hydrogen-bond donors (Lipinski definition) is 0. The summed E-state index contributed by atoms with van der Waals surface area (Å²) in [6, 6.07) is 14.4. The molecule has 0 saturated heterocycles. The van der Waals surface area contributed by atoms with Gasteiger partial charge in [0.15, 0.2) is 15.9 Å². The molecule has 0 aliphatic rings. The summed E-state index contributed by atoms with van der Waals surface area (Å²) in [6.45, 7) is 0.471. The Hall–Kier alpha value is -2.35. The van der Waals surface area contributed by atoms with E-state index in [1.165, 1.54) is 9.13 Å². The first-order chi connectivity index (χ1) is 13.9. The van der Waals surface area contributed by atoms with Gasteiger partial charge in [0, 0.05) is 17.1 Å². The van der Waals surface area contributed by atoms with E-state index in [2.05, 4.69) is 20.9 Å². The molecule has 0 radical (unpaired) electrons. The number of halogens is 3. The van der Waals surface area contributed by atoms with Crippen molar-refractivity contribution in [3.8, 4) is 0 Å². The minimum atomic E-state index is -0.438. The molecule has 0 fully saturated rings. The van der Waals surface area contributed by atoms with E-state index in [1.807, 2.05) is 18.2 Å². The molecule has 2 aromatic carbocycles. The van der Waals surface area contributed by atoms with Gasteiger partial charge in [0.2, 0.25) is 0 Å². The molecule has 0 aliphatic carbocycles. The van der Waals surface area contributed by atoms with E-state index < -0.39 is 11.2 Å². The molecule has 2 aromatic heterocycles. The van der Waals surface area contributed by atoms with Gasteiger partial charge in [0.25, 0.3) is 5.56 Å². The minimum absolute atomic E-state index is 0.132. The number of fused-ring (bicyclic) bond motifs is 1.